The van der Waals surface area contributed by atoms with Crippen LogP contribution in [-0.4, -0.2) is 57.0 Å². The molecule has 0 radical (unpaired) electrons. The van der Waals surface area contributed by atoms with Gasteiger partial charge < -0.3 is 14.4 Å². The molecule has 1 fully saturated rings. The smallest absolute Gasteiger partial charge is 0.409 e. The average molecular weight is 407 g/mol. The van der Waals surface area contributed by atoms with Gasteiger partial charge in [0.15, 0.2) is 0 Å². The van der Waals surface area contributed by atoms with E-state index in [1.807, 2.05) is 26.0 Å². The molecule has 1 N–H and O–H groups in total. The number of aryl methyl sites for hydroxylation is 1. The number of hydrazone groups is 1. The summed E-state index contributed by atoms with van der Waals surface area (Å²) in [6.07, 6.45) is 4.23. The maximum Gasteiger partial charge on any atom is 0.409 e. The van der Waals surface area contributed by atoms with Gasteiger partial charge >= 0.3 is 6.09 Å². The first-order valence-electron chi connectivity index (χ1n) is 8.90. The molecule has 9 heteroatoms. The fraction of sp³-hybridized carbons (Fsp3) is 0.474. The Labute approximate surface area is 165 Å². The van der Waals surface area contributed by atoms with Crippen molar-refractivity contribution in [2.45, 2.75) is 42.8 Å². The van der Waals surface area contributed by atoms with Crippen molar-refractivity contribution in [2.24, 2.45) is 5.10 Å². The second kappa shape index (κ2) is 7.21. The molecule has 152 valence electrons. The van der Waals surface area contributed by atoms with Crippen molar-refractivity contribution in [1.29, 1.82) is 0 Å². The maximum atomic E-state index is 12.5. The van der Waals surface area contributed by atoms with Crippen LogP contribution in [0.1, 0.15) is 25.3 Å². The maximum absolute atomic E-state index is 12.5. The molecule has 2 heterocycles. The van der Waals surface area contributed by atoms with Crippen molar-refractivity contribution >= 4 is 21.8 Å². The number of hydrogen-bond donors (Lipinski definition) is 1. The number of amides is 1. The van der Waals surface area contributed by atoms with E-state index in [0.29, 0.717) is 18.6 Å². The number of ether oxygens (including phenoxy) is 2. The van der Waals surface area contributed by atoms with Gasteiger partial charge in [0.05, 0.1) is 24.2 Å². The Hall–Kier alpha value is -2.39. The van der Waals surface area contributed by atoms with Crippen LogP contribution in [0.15, 0.2) is 46.4 Å². The molecule has 2 bridgehead atoms. The fourth-order valence-electron chi connectivity index (χ4n) is 3.60. The zero-order valence-corrected chi connectivity index (χ0v) is 17.2. The molecule has 3 rings (SSSR count). The zero-order valence-electron chi connectivity index (χ0n) is 16.4. The van der Waals surface area contributed by atoms with E-state index in [9.17, 15) is 13.2 Å². The van der Waals surface area contributed by atoms with Crippen LogP contribution >= 0.6 is 0 Å². The molecule has 0 spiro atoms. The summed E-state index contributed by atoms with van der Waals surface area (Å²) in [6, 6.07) is 6.56. The van der Waals surface area contributed by atoms with Gasteiger partial charge in [-0.25, -0.2) is 9.63 Å². The zero-order chi connectivity index (χ0) is 20.6. The van der Waals surface area contributed by atoms with Gasteiger partial charge in [-0.1, -0.05) is 29.8 Å². The third kappa shape index (κ3) is 4.20. The lowest BCUT2D eigenvalue weighted by molar-refractivity contribution is -0.0929. The van der Waals surface area contributed by atoms with Crippen molar-refractivity contribution < 1.29 is 22.7 Å². The van der Waals surface area contributed by atoms with E-state index < -0.39 is 27.3 Å². The summed E-state index contributed by atoms with van der Waals surface area (Å²) in [5, 5.41) is 4.18. The van der Waals surface area contributed by atoms with E-state index in [1.54, 1.807) is 31.3 Å². The molecule has 1 amide bonds. The number of fused-ring (bicyclic) bond motifs is 2. The van der Waals surface area contributed by atoms with Crippen molar-refractivity contribution in [3.63, 3.8) is 0 Å². The van der Waals surface area contributed by atoms with Gasteiger partial charge in [-0.3, -0.25) is 0 Å². The highest BCUT2D eigenvalue weighted by Gasteiger charge is 2.49. The molecule has 2 aliphatic heterocycles. The van der Waals surface area contributed by atoms with E-state index in [4.69, 9.17) is 9.47 Å². The minimum absolute atomic E-state index is 0.155. The lowest BCUT2D eigenvalue weighted by atomic mass is 9.90. The van der Waals surface area contributed by atoms with Crippen LogP contribution in [0.2, 0.25) is 0 Å². The molecule has 28 heavy (non-hydrogen) atoms. The van der Waals surface area contributed by atoms with Gasteiger partial charge in [0.25, 0.3) is 10.0 Å². The van der Waals surface area contributed by atoms with Crippen molar-refractivity contribution in [3.8, 4) is 0 Å². The first-order chi connectivity index (χ1) is 13.1. The second-order valence-corrected chi connectivity index (χ2v) is 9.24. The standard InChI is InChI=1S/C19H25N3O5S/c1-14-5-7-16(8-6-14)28(24,25)21-20-15-11-18(2)9-10-19(12-15,27-18)13-22(3)17(23)26-4/h5-10,21H,11-13H2,1-4H3/b20-15+/t18-,19+/m1/s1. The molecule has 2 atom stereocenters. The van der Waals surface area contributed by atoms with Crippen LogP contribution in [0.25, 0.3) is 0 Å². The number of sulfonamides is 1. The summed E-state index contributed by atoms with van der Waals surface area (Å²) in [5.41, 5.74) is 0.280. The third-order valence-electron chi connectivity index (χ3n) is 4.88. The lowest BCUT2D eigenvalue weighted by Crippen LogP contribution is -2.51. The van der Waals surface area contributed by atoms with Gasteiger partial charge in [0.2, 0.25) is 0 Å². The Morgan fingerprint density at radius 1 is 1.29 bits per heavy atom. The molecule has 1 aromatic rings. The molecule has 0 aromatic heterocycles. The number of nitrogens with zero attached hydrogens (tertiary/aromatic N) is 2. The number of benzene rings is 1. The van der Waals surface area contributed by atoms with Crippen LogP contribution in [0.5, 0.6) is 0 Å². The second-order valence-electron chi connectivity index (χ2n) is 7.58. The van der Waals surface area contributed by atoms with Crippen LogP contribution in [-0.2, 0) is 19.5 Å². The van der Waals surface area contributed by atoms with Crippen molar-refractivity contribution in [1.82, 2.24) is 9.73 Å². The number of likely N-dealkylation sites (N-methyl/N-ethyl adjacent to an activating group) is 1. The molecule has 2 aliphatic rings. The summed E-state index contributed by atoms with van der Waals surface area (Å²) < 4.78 is 35.9. The summed E-state index contributed by atoms with van der Waals surface area (Å²) in [5.74, 6) is 0. The number of carbonyl (C=O) groups excluding carboxylic acids is 1. The Kier molecular flexibility index (Phi) is 5.24. The summed E-state index contributed by atoms with van der Waals surface area (Å²) in [6.45, 7) is 4.07. The first kappa shape index (κ1) is 20.3. The average Bonchev–Trinajstić information content (AvgIpc) is 2.88. The number of methoxy groups -OCH3 is 1. The Balaban J connectivity index is 1.78. The molecular weight excluding hydrogens is 382 g/mol. The van der Waals surface area contributed by atoms with Crippen LogP contribution in [0.3, 0.4) is 0 Å². The Bertz CT molecular complexity index is 925. The van der Waals surface area contributed by atoms with Crippen LogP contribution in [0.4, 0.5) is 4.79 Å². The van der Waals surface area contributed by atoms with E-state index in [2.05, 4.69) is 9.93 Å². The van der Waals surface area contributed by atoms with Gasteiger partial charge in [-0.05, 0) is 26.0 Å². The summed E-state index contributed by atoms with van der Waals surface area (Å²) in [7, 11) is -0.811. The van der Waals surface area contributed by atoms with E-state index in [0.717, 1.165) is 5.56 Å². The molecule has 1 saturated heterocycles. The molecule has 0 saturated carbocycles. The molecule has 1 aromatic carbocycles. The quantitative estimate of drug-likeness (QED) is 0.596. The van der Waals surface area contributed by atoms with Crippen molar-refractivity contribution in [2.75, 3.05) is 20.7 Å². The minimum atomic E-state index is -3.75. The van der Waals surface area contributed by atoms with Crippen LogP contribution in [0, 0.1) is 6.92 Å². The predicted octanol–water partition coefficient (Wildman–Crippen LogP) is 2.21. The van der Waals surface area contributed by atoms with E-state index in [1.165, 1.54) is 12.0 Å². The third-order valence-corrected chi connectivity index (χ3v) is 6.11. The summed E-state index contributed by atoms with van der Waals surface area (Å²) >= 11 is 0. The van der Waals surface area contributed by atoms with Gasteiger partial charge in [-0.15, -0.1) is 0 Å². The van der Waals surface area contributed by atoms with Crippen molar-refractivity contribution in [3.05, 3.63) is 42.0 Å². The van der Waals surface area contributed by atoms with E-state index >= 15 is 0 Å². The molecule has 0 unspecified atom stereocenters. The monoisotopic (exact) mass is 407 g/mol. The van der Waals surface area contributed by atoms with E-state index in [-0.39, 0.29) is 11.4 Å². The summed E-state index contributed by atoms with van der Waals surface area (Å²) in [4.78, 5) is 15.7. The molecule has 0 aliphatic carbocycles. The first-order valence-corrected chi connectivity index (χ1v) is 10.4. The lowest BCUT2D eigenvalue weighted by Gasteiger charge is -2.40. The van der Waals surface area contributed by atoms with Crippen LogP contribution < -0.4 is 4.83 Å². The normalized spacial score (nSPS) is 27.6. The highest BCUT2D eigenvalue weighted by molar-refractivity contribution is 7.89. The predicted molar refractivity (Wildman–Crippen MR) is 105 cm³/mol. The Morgan fingerprint density at radius 3 is 2.61 bits per heavy atom. The van der Waals surface area contributed by atoms with Gasteiger partial charge in [0.1, 0.15) is 5.60 Å². The highest BCUT2D eigenvalue weighted by atomic mass is 32.2. The Morgan fingerprint density at radius 2 is 1.96 bits per heavy atom. The molecular formula is C19H25N3O5S. The number of hydrogen-bond acceptors (Lipinski definition) is 6. The topological polar surface area (TPSA) is 97.3 Å². The molecule has 8 nitrogen and oxygen atoms in total. The SMILES string of the molecule is COC(=O)N(C)C[C@]12C=C[C@](C)(C/C(=N\NS(=O)(=O)c3ccc(C)cc3)C1)O2. The number of nitrogens with one attached hydrogen (secondary N) is 1. The van der Waals surface area contributed by atoms with Gasteiger partial charge in [0, 0.05) is 25.6 Å². The largest absolute Gasteiger partial charge is 0.453 e. The minimum Gasteiger partial charge on any atom is -0.453 e. The highest BCUT2D eigenvalue weighted by Crippen LogP contribution is 2.42. The van der Waals surface area contributed by atoms with Gasteiger partial charge in [-0.2, -0.15) is 13.5 Å². The fourth-order valence-corrected chi connectivity index (χ4v) is 4.45. The number of rotatable bonds is 5. The number of carbonyl (C=O) groups is 1.